The Hall–Kier alpha value is -3.68. The van der Waals surface area contributed by atoms with Gasteiger partial charge in [-0.15, -0.1) is 0 Å². The van der Waals surface area contributed by atoms with Crippen molar-refractivity contribution in [1.29, 1.82) is 0 Å². The van der Waals surface area contributed by atoms with E-state index in [0.717, 1.165) is 17.0 Å². The summed E-state index contributed by atoms with van der Waals surface area (Å²) in [6.45, 7) is 3.44. The number of carbonyl (C=O) groups excluding carboxylic acids is 1. The molecule has 0 saturated carbocycles. The fourth-order valence-corrected chi connectivity index (χ4v) is 2.73. The largest absolute Gasteiger partial charge is 0.490 e. The second kappa shape index (κ2) is 6.91. The lowest BCUT2D eigenvalue weighted by Crippen LogP contribution is -2.10. The normalized spacial score (nSPS) is 10.6. The highest BCUT2D eigenvalue weighted by atomic mass is 16.6. The topological polar surface area (TPSA) is 109 Å². The van der Waals surface area contributed by atoms with Crippen molar-refractivity contribution in [2.75, 3.05) is 7.11 Å². The predicted octanol–water partition coefficient (Wildman–Crippen LogP) is 3.55. The molecule has 0 bridgehead atoms. The van der Waals surface area contributed by atoms with E-state index in [9.17, 15) is 19.7 Å². The molecule has 0 aliphatic carbocycles. The Balaban J connectivity index is 1.99. The SMILES string of the molecule is COc1ccc(C(=O)Oc2ccc3c(C)cc(=O)oc3c2C)cc1[N+](=O)[O-]. The van der Waals surface area contributed by atoms with Gasteiger partial charge in [-0.1, -0.05) is 0 Å². The van der Waals surface area contributed by atoms with E-state index in [1.807, 2.05) is 0 Å². The second-order valence-electron chi connectivity index (χ2n) is 5.85. The summed E-state index contributed by atoms with van der Waals surface area (Å²) in [6.07, 6.45) is 0. The Morgan fingerprint density at radius 2 is 1.81 bits per heavy atom. The molecular formula is C19H15NO7. The minimum Gasteiger partial charge on any atom is -0.490 e. The van der Waals surface area contributed by atoms with Crippen molar-refractivity contribution in [2.45, 2.75) is 13.8 Å². The van der Waals surface area contributed by atoms with Crippen molar-refractivity contribution in [3.8, 4) is 11.5 Å². The van der Waals surface area contributed by atoms with Crippen molar-refractivity contribution in [2.24, 2.45) is 0 Å². The number of nitro groups is 1. The Kier molecular flexibility index (Phi) is 4.64. The molecule has 0 fully saturated rings. The number of carbonyl (C=O) groups is 1. The third-order valence-electron chi connectivity index (χ3n) is 4.13. The van der Waals surface area contributed by atoms with Crippen molar-refractivity contribution in [1.82, 2.24) is 0 Å². The number of fused-ring (bicyclic) bond motifs is 1. The van der Waals surface area contributed by atoms with Crippen molar-refractivity contribution in [3.63, 3.8) is 0 Å². The molecule has 0 radical (unpaired) electrons. The van der Waals surface area contributed by atoms with E-state index in [0.29, 0.717) is 11.1 Å². The van der Waals surface area contributed by atoms with Gasteiger partial charge in [-0.25, -0.2) is 9.59 Å². The molecule has 0 N–H and O–H groups in total. The number of rotatable bonds is 4. The van der Waals surface area contributed by atoms with E-state index in [-0.39, 0.29) is 22.7 Å². The van der Waals surface area contributed by atoms with Gasteiger partial charge < -0.3 is 13.9 Å². The zero-order valence-corrected chi connectivity index (χ0v) is 14.8. The van der Waals surface area contributed by atoms with E-state index in [1.165, 1.54) is 25.3 Å². The van der Waals surface area contributed by atoms with Gasteiger partial charge in [0.25, 0.3) is 0 Å². The highest BCUT2D eigenvalue weighted by Crippen LogP contribution is 2.30. The molecule has 138 valence electrons. The van der Waals surface area contributed by atoms with Crippen LogP contribution >= 0.6 is 0 Å². The Morgan fingerprint density at radius 3 is 2.48 bits per heavy atom. The first-order valence-electron chi connectivity index (χ1n) is 7.90. The maximum atomic E-state index is 12.4. The van der Waals surface area contributed by atoms with E-state index < -0.39 is 16.5 Å². The van der Waals surface area contributed by atoms with Crippen molar-refractivity contribution >= 4 is 22.6 Å². The zero-order chi connectivity index (χ0) is 19.7. The van der Waals surface area contributed by atoms with Crippen LogP contribution in [-0.2, 0) is 0 Å². The molecule has 3 rings (SSSR count). The molecule has 0 amide bonds. The lowest BCUT2D eigenvalue weighted by molar-refractivity contribution is -0.385. The summed E-state index contributed by atoms with van der Waals surface area (Å²) in [6, 6.07) is 8.42. The first kappa shape index (κ1) is 18.1. The molecule has 1 heterocycles. The number of nitrogens with zero attached hydrogens (tertiary/aromatic N) is 1. The van der Waals surface area contributed by atoms with Gasteiger partial charge in [0.15, 0.2) is 5.75 Å². The van der Waals surface area contributed by atoms with Crippen LogP contribution in [-0.4, -0.2) is 18.0 Å². The van der Waals surface area contributed by atoms with E-state index >= 15 is 0 Å². The Morgan fingerprint density at radius 1 is 1.11 bits per heavy atom. The average Bonchev–Trinajstić information content (AvgIpc) is 2.63. The standard InChI is InChI=1S/C19H15NO7/c1-10-8-17(21)27-18-11(2)15(7-5-13(10)18)26-19(22)12-4-6-16(25-3)14(9-12)20(23)24/h4-9H,1-3H3. The van der Waals surface area contributed by atoms with Crippen LogP contribution in [0, 0.1) is 24.0 Å². The molecule has 0 atom stereocenters. The monoisotopic (exact) mass is 369 g/mol. The summed E-state index contributed by atoms with van der Waals surface area (Å²) in [4.78, 5) is 34.5. The van der Waals surface area contributed by atoms with Gasteiger partial charge in [-0.05, 0) is 43.7 Å². The first-order chi connectivity index (χ1) is 12.8. The number of nitro benzene ring substituents is 1. The second-order valence-corrected chi connectivity index (χ2v) is 5.85. The molecule has 0 aliphatic rings. The third kappa shape index (κ3) is 3.37. The van der Waals surface area contributed by atoms with E-state index in [4.69, 9.17) is 13.9 Å². The lowest BCUT2D eigenvalue weighted by Gasteiger charge is -2.10. The van der Waals surface area contributed by atoms with Crippen LogP contribution in [0.5, 0.6) is 11.5 Å². The number of methoxy groups -OCH3 is 1. The average molecular weight is 369 g/mol. The molecule has 8 heteroatoms. The molecular weight excluding hydrogens is 354 g/mol. The summed E-state index contributed by atoms with van der Waals surface area (Å²) < 4.78 is 15.5. The van der Waals surface area contributed by atoms with Crippen molar-refractivity contribution in [3.05, 3.63) is 73.6 Å². The fraction of sp³-hybridized carbons (Fsp3) is 0.158. The molecule has 8 nitrogen and oxygen atoms in total. The van der Waals surface area contributed by atoms with Crippen LogP contribution in [0.3, 0.4) is 0 Å². The number of hydrogen-bond donors (Lipinski definition) is 0. The lowest BCUT2D eigenvalue weighted by atomic mass is 10.1. The third-order valence-corrected chi connectivity index (χ3v) is 4.13. The van der Waals surface area contributed by atoms with Gasteiger partial charge >= 0.3 is 17.3 Å². The quantitative estimate of drug-likeness (QED) is 0.227. The summed E-state index contributed by atoms with van der Waals surface area (Å²) in [5, 5.41) is 11.8. The maximum Gasteiger partial charge on any atom is 0.343 e. The number of esters is 1. The smallest absolute Gasteiger partial charge is 0.343 e. The minimum atomic E-state index is -0.779. The Bertz CT molecular complexity index is 1130. The van der Waals surface area contributed by atoms with Gasteiger partial charge in [0.05, 0.1) is 17.6 Å². The molecule has 3 aromatic rings. The predicted molar refractivity (Wildman–Crippen MR) is 96.6 cm³/mol. The van der Waals surface area contributed by atoms with Crippen molar-refractivity contribution < 1.29 is 23.6 Å². The highest BCUT2D eigenvalue weighted by Gasteiger charge is 2.20. The van der Waals surface area contributed by atoms with Crippen LogP contribution in [0.4, 0.5) is 5.69 Å². The fourth-order valence-electron chi connectivity index (χ4n) is 2.73. The molecule has 27 heavy (non-hydrogen) atoms. The van der Waals surface area contributed by atoms with Gasteiger partial charge in [0, 0.05) is 23.1 Å². The van der Waals surface area contributed by atoms with Crippen LogP contribution in [0.15, 0.2) is 45.6 Å². The van der Waals surface area contributed by atoms with Gasteiger partial charge in [0.1, 0.15) is 11.3 Å². The number of aryl methyl sites for hydroxylation is 2. The molecule has 0 unspecified atom stereocenters. The van der Waals surface area contributed by atoms with Crippen LogP contribution < -0.4 is 15.1 Å². The molecule has 0 aliphatic heterocycles. The molecule has 1 aromatic heterocycles. The summed E-state index contributed by atoms with van der Waals surface area (Å²) in [7, 11) is 1.30. The molecule has 0 saturated heterocycles. The summed E-state index contributed by atoms with van der Waals surface area (Å²) >= 11 is 0. The van der Waals surface area contributed by atoms with Gasteiger partial charge in [-0.2, -0.15) is 0 Å². The van der Waals surface area contributed by atoms with E-state index in [1.54, 1.807) is 26.0 Å². The van der Waals surface area contributed by atoms with Crippen LogP contribution in [0.25, 0.3) is 11.0 Å². The maximum absolute atomic E-state index is 12.4. The number of benzene rings is 2. The first-order valence-corrected chi connectivity index (χ1v) is 7.90. The number of ether oxygens (including phenoxy) is 2. The zero-order valence-electron chi connectivity index (χ0n) is 14.8. The number of hydrogen-bond acceptors (Lipinski definition) is 7. The Labute approximate surface area is 153 Å². The molecule has 2 aromatic carbocycles. The van der Waals surface area contributed by atoms with Crippen LogP contribution in [0.2, 0.25) is 0 Å². The summed E-state index contributed by atoms with van der Waals surface area (Å²) in [5.74, 6) is -0.548. The highest BCUT2D eigenvalue weighted by molar-refractivity contribution is 5.93. The van der Waals surface area contributed by atoms with Gasteiger partial charge in [-0.3, -0.25) is 10.1 Å². The summed E-state index contributed by atoms with van der Waals surface area (Å²) in [5.41, 5.74) is 0.692. The van der Waals surface area contributed by atoms with Crippen LogP contribution in [0.1, 0.15) is 21.5 Å². The molecule has 0 spiro atoms. The van der Waals surface area contributed by atoms with Gasteiger partial charge in [0.2, 0.25) is 0 Å². The minimum absolute atomic E-state index is 0.00677. The van der Waals surface area contributed by atoms with E-state index in [2.05, 4.69) is 0 Å².